The van der Waals surface area contributed by atoms with E-state index in [0.717, 1.165) is 18.0 Å². The average Bonchev–Trinajstić information content (AvgIpc) is 3.08. The van der Waals surface area contributed by atoms with Crippen LogP contribution in [-0.2, 0) is 6.54 Å². The van der Waals surface area contributed by atoms with Crippen molar-refractivity contribution >= 4 is 21.6 Å². The maximum atomic E-state index is 12.0. The van der Waals surface area contributed by atoms with Gasteiger partial charge in [-0.2, -0.15) is 5.10 Å². The summed E-state index contributed by atoms with van der Waals surface area (Å²) in [5.41, 5.74) is 0.783. The van der Waals surface area contributed by atoms with Crippen molar-refractivity contribution in [3.8, 4) is 0 Å². The second kappa shape index (κ2) is 5.87. The van der Waals surface area contributed by atoms with Crippen molar-refractivity contribution in [2.75, 3.05) is 5.32 Å². The lowest BCUT2D eigenvalue weighted by atomic mass is 10.2. The fraction of sp³-hybridized carbons (Fsp3) is 0.692. The van der Waals surface area contributed by atoms with E-state index in [0.29, 0.717) is 17.1 Å². The summed E-state index contributed by atoms with van der Waals surface area (Å²) >= 11 is 3.38. The second-order valence-corrected chi connectivity index (χ2v) is 5.73. The fourth-order valence-corrected chi connectivity index (χ4v) is 2.67. The van der Waals surface area contributed by atoms with Gasteiger partial charge in [0.15, 0.2) is 0 Å². The van der Waals surface area contributed by atoms with Gasteiger partial charge in [0, 0.05) is 12.6 Å². The van der Waals surface area contributed by atoms with Crippen LogP contribution in [0.1, 0.15) is 39.5 Å². The molecule has 100 valence electrons. The summed E-state index contributed by atoms with van der Waals surface area (Å²) in [5.74, 6) is 0.764. The van der Waals surface area contributed by atoms with E-state index in [9.17, 15) is 4.79 Å². The van der Waals surface area contributed by atoms with Crippen molar-refractivity contribution in [2.24, 2.45) is 5.92 Å². The molecule has 0 aliphatic heterocycles. The van der Waals surface area contributed by atoms with Crippen molar-refractivity contribution < 1.29 is 0 Å². The molecule has 0 bridgehead atoms. The van der Waals surface area contributed by atoms with Gasteiger partial charge in [0.05, 0.1) is 11.9 Å². The molecule has 0 aromatic carbocycles. The topological polar surface area (TPSA) is 46.9 Å². The summed E-state index contributed by atoms with van der Waals surface area (Å²) in [5, 5.41) is 7.60. The number of hydrogen-bond donors (Lipinski definition) is 1. The third kappa shape index (κ3) is 2.94. The molecule has 0 spiro atoms. The molecule has 2 atom stereocenters. The van der Waals surface area contributed by atoms with Crippen molar-refractivity contribution in [3.05, 3.63) is 21.0 Å². The summed E-state index contributed by atoms with van der Waals surface area (Å²) in [4.78, 5) is 12.0. The lowest BCUT2D eigenvalue weighted by molar-refractivity contribution is 0.565. The molecular formula is C13H20BrN3O. The standard InChI is InChI=1S/C13H20BrN3O/c1-3-5-9-7-10(9)16-11-8-15-17(6-4-2)13(18)12(11)14/h8-10,16H,3-7H2,1-2H3. The molecule has 0 amide bonds. The van der Waals surface area contributed by atoms with Crippen LogP contribution in [0.2, 0.25) is 0 Å². The van der Waals surface area contributed by atoms with Gasteiger partial charge in [0.1, 0.15) is 4.47 Å². The molecule has 1 aromatic heterocycles. The van der Waals surface area contributed by atoms with E-state index in [1.807, 2.05) is 6.92 Å². The highest BCUT2D eigenvalue weighted by Crippen LogP contribution is 2.37. The summed E-state index contributed by atoms with van der Waals surface area (Å²) in [6.07, 6.45) is 6.35. The lowest BCUT2D eigenvalue weighted by Crippen LogP contribution is -2.24. The van der Waals surface area contributed by atoms with Crippen molar-refractivity contribution in [1.82, 2.24) is 9.78 Å². The molecule has 0 saturated heterocycles. The average molecular weight is 314 g/mol. The molecule has 18 heavy (non-hydrogen) atoms. The van der Waals surface area contributed by atoms with Gasteiger partial charge in [-0.15, -0.1) is 0 Å². The number of anilines is 1. The molecule has 1 aliphatic carbocycles. The Morgan fingerprint density at radius 2 is 2.28 bits per heavy atom. The van der Waals surface area contributed by atoms with Gasteiger partial charge < -0.3 is 5.32 Å². The molecule has 0 radical (unpaired) electrons. The summed E-state index contributed by atoms with van der Waals surface area (Å²) in [6.45, 7) is 4.91. The van der Waals surface area contributed by atoms with E-state index < -0.39 is 0 Å². The minimum Gasteiger partial charge on any atom is -0.380 e. The first-order valence-electron chi connectivity index (χ1n) is 6.69. The normalized spacial score (nSPS) is 21.9. The van der Waals surface area contributed by atoms with Crippen LogP contribution in [0.4, 0.5) is 5.69 Å². The molecule has 1 saturated carbocycles. The van der Waals surface area contributed by atoms with E-state index in [2.05, 4.69) is 33.3 Å². The molecule has 2 unspecified atom stereocenters. The summed E-state index contributed by atoms with van der Waals surface area (Å²) < 4.78 is 2.11. The molecule has 1 heterocycles. The number of aryl methyl sites for hydroxylation is 1. The number of nitrogens with zero attached hydrogens (tertiary/aromatic N) is 2. The van der Waals surface area contributed by atoms with Gasteiger partial charge in [-0.25, -0.2) is 4.68 Å². The Bertz CT molecular complexity index is 472. The van der Waals surface area contributed by atoms with Gasteiger partial charge >= 0.3 is 0 Å². The minimum absolute atomic E-state index is 0.0467. The number of nitrogens with one attached hydrogen (secondary N) is 1. The predicted octanol–water partition coefficient (Wildman–Crippen LogP) is 3.02. The largest absolute Gasteiger partial charge is 0.380 e. The van der Waals surface area contributed by atoms with Crippen LogP contribution in [0.25, 0.3) is 0 Å². The maximum Gasteiger partial charge on any atom is 0.283 e. The fourth-order valence-electron chi connectivity index (χ4n) is 2.25. The number of hydrogen-bond acceptors (Lipinski definition) is 3. The van der Waals surface area contributed by atoms with E-state index >= 15 is 0 Å². The first-order chi connectivity index (χ1) is 8.67. The Hall–Kier alpha value is -0.840. The van der Waals surface area contributed by atoms with Crippen LogP contribution in [0.5, 0.6) is 0 Å². The molecule has 1 aliphatic rings. The Morgan fingerprint density at radius 3 is 2.94 bits per heavy atom. The van der Waals surface area contributed by atoms with Crippen LogP contribution in [0, 0.1) is 5.92 Å². The van der Waals surface area contributed by atoms with Crippen molar-refractivity contribution in [2.45, 2.75) is 52.1 Å². The van der Waals surface area contributed by atoms with Crippen molar-refractivity contribution in [3.63, 3.8) is 0 Å². The van der Waals surface area contributed by atoms with E-state index in [4.69, 9.17) is 0 Å². The Morgan fingerprint density at radius 1 is 1.50 bits per heavy atom. The van der Waals surface area contributed by atoms with Gasteiger partial charge in [-0.1, -0.05) is 20.3 Å². The zero-order chi connectivity index (χ0) is 13.1. The van der Waals surface area contributed by atoms with E-state index in [-0.39, 0.29) is 5.56 Å². The van der Waals surface area contributed by atoms with Gasteiger partial charge in [-0.3, -0.25) is 4.79 Å². The highest BCUT2D eigenvalue weighted by molar-refractivity contribution is 9.10. The van der Waals surface area contributed by atoms with Crippen LogP contribution in [0.3, 0.4) is 0 Å². The Labute approximate surface area is 116 Å². The molecule has 1 aromatic rings. The van der Waals surface area contributed by atoms with Crippen LogP contribution < -0.4 is 10.9 Å². The Balaban J connectivity index is 2.06. The maximum absolute atomic E-state index is 12.0. The molecule has 5 heteroatoms. The number of aromatic nitrogens is 2. The molecule has 2 rings (SSSR count). The third-order valence-electron chi connectivity index (χ3n) is 3.34. The van der Waals surface area contributed by atoms with Gasteiger partial charge in [0.2, 0.25) is 0 Å². The quantitative estimate of drug-likeness (QED) is 0.878. The zero-order valence-corrected chi connectivity index (χ0v) is 12.5. The smallest absolute Gasteiger partial charge is 0.283 e. The SMILES string of the molecule is CCCC1CC1Nc1cnn(CCC)c(=O)c1Br. The molecular weight excluding hydrogens is 294 g/mol. The highest BCUT2D eigenvalue weighted by atomic mass is 79.9. The third-order valence-corrected chi connectivity index (χ3v) is 4.11. The monoisotopic (exact) mass is 313 g/mol. The molecule has 4 nitrogen and oxygen atoms in total. The first-order valence-corrected chi connectivity index (χ1v) is 7.48. The zero-order valence-electron chi connectivity index (χ0n) is 10.9. The van der Waals surface area contributed by atoms with Crippen molar-refractivity contribution in [1.29, 1.82) is 0 Å². The summed E-state index contributed by atoms with van der Waals surface area (Å²) in [6, 6.07) is 0.518. The second-order valence-electron chi connectivity index (χ2n) is 4.94. The highest BCUT2D eigenvalue weighted by Gasteiger charge is 2.36. The van der Waals surface area contributed by atoms with Crippen LogP contribution >= 0.6 is 15.9 Å². The molecule has 1 fully saturated rings. The van der Waals surface area contributed by atoms with Gasteiger partial charge in [-0.05, 0) is 41.1 Å². The minimum atomic E-state index is -0.0467. The lowest BCUT2D eigenvalue weighted by Gasteiger charge is -2.09. The summed E-state index contributed by atoms with van der Waals surface area (Å²) in [7, 11) is 0. The molecule has 1 N–H and O–H groups in total. The Kier molecular flexibility index (Phi) is 4.43. The van der Waals surface area contributed by atoms with Crippen LogP contribution in [0.15, 0.2) is 15.5 Å². The first kappa shape index (κ1) is 13.6. The van der Waals surface area contributed by atoms with E-state index in [1.54, 1.807) is 6.20 Å². The number of rotatable bonds is 6. The predicted molar refractivity (Wildman–Crippen MR) is 76.9 cm³/mol. The van der Waals surface area contributed by atoms with Gasteiger partial charge in [0.25, 0.3) is 5.56 Å². The van der Waals surface area contributed by atoms with E-state index in [1.165, 1.54) is 23.9 Å². The van der Waals surface area contributed by atoms with Crippen LogP contribution in [-0.4, -0.2) is 15.8 Å². The number of halogens is 1.